The standard InChI is InChI=1S/C31H22N2O/c1-34-22-18-19-28-25(20-22)23-12-5-7-14-26(23)33(28)30-17-9-16-29-31(30)24-13-6-8-15-27(24)32(29)21-10-3-2-4-11-21/h2-20H,1H3. The summed E-state index contributed by atoms with van der Waals surface area (Å²) in [6.07, 6.45) is 0. The average molecular weight is 439 g/mol. The van der Waals surface area contributed by atoms with Crippen molar-refractivity contribution in [2.24, 2.45) is 0 Å². The van der Waals surface area contributed by atoms with E-state index in [1.54, 1.807) is 7.11 Å². The van der Waals surface area contributed by atoms with E-state index in [2.05, 4.69) is 118 Å². The van der Waals surface area contributed by atoms with Crippen molar-refractivity contribution in [1.82, 2.24) is 9.13 Å². The fourth-order valence-corrected chi connectivity index (χ4v) is 5.38. The molecule has 162 valence electrons. The quantitative estimate of drug-likeness (QED) is 0.274. The highest BCUT2D eigenvalue weighted by Crippen LogP contribution is 2.40. The number of fused-ring (bicyclic) bond motifs is 6. The van der Waals surface area contributed by atoms with Gasteiger partial charge in [-0.15, -0.1) is 0 Å². The van der Waals surface area contributed by atoms with Crippen molar-refractivity contribution < 1.29 is 4.74 Å². The van der Waals surface area contributed by atoms with Crippen LogP contribution in [0.2, 0.25) is 0 Å². The molecule has 0 saturated heterocycles. The minimum atomic E-state index is 0.870. The molecule has 0 N–H and O–H groups in total. The molecule has 0 aliphatic rings. The van der Waals surface area contributed by atoms with Gasteiger partial charge in [0.25, 0.3) is 0 Å². The summed E-state index contributed by atoms with van der Waals surface area (Å²) in [6.45, 7) is 0. The van der Waals surface area contributed by atoms with E-state index >= 15 is 0 Å². The first-order valence-electron chi connectivity index (χ1n) is 11.5. The van der Waals surface area contributed by atoms with Crippen LogP contribution in [-0.2, 0) is 0 Å². The first-order valence-corrected chi connectivity index (χ1v) is 11.5. The Labute approximate surface area is 197 Å². The molecule has 0 radical (unpaired) electrons. The molecule has 7 rings (SSSR count). The number of aromatic nitrogens is 2. The summed E-state index contributed by atoms with van der Waals surface area (Å²) >= 11 is 0. The van der Waals surface area contributed by atoms with E-state index in [-0.39, 0.29) is 0 Å². The number of ether oxygens (including phenoxy) is 1. The van der Waals surface area contributed by atoms with E-state index < -0.39 is 0 Å². The van der Waals surface area contributed by atoms with Crippen molar-refractivity contribution in [3.05, 3.63) is 115 Å². The van der Waals surface area contributed by atoms with Crippen LogP contribution in [-0.4, -0.2) is 16.2 Å². The van der Waals surface area contributed by atoms with Crippen molar-refractivity contribution in [2.45, 2.75) is 0 Å². The Kier molecular flexibility index (Phi) is 4.06. The Morgan fingerprint density at radius 1 is 0.500 bits per heavy atom. The van der Waals surface area contributed by atoms with Gasteiger partial charge >= 0.3 is 0 Å². The first kappa shape index (κ1) is 19.0. The van der Waals surface area contributed by atoms with Crippen LogP contribution in [0, 0.1) is 0 Å². The Morgan fingerprint density at radius 3 is 1.94 bits per heavy atom. The summed E-state index contributed by atoms with van der Waals surface area (Å²) in [5.41, 5.74) is 7.11. The summed E-state index contributed by atoms with van der Waals surface area (Å²) < 4.78 is 10.3. The Balaban J connectivity index is 1.67. The lowest BCUT2D eigenvalue weighted by Gasteiger charge is -2.11. The molecule has 0 spiro atoms. The smallest absolute Gasteiger partial charge is 0.119 e. The molecule has 3 nitrogen and oxygen atoms in total. The van der Waals surface area contributed by atoms with E-state index in [9.17, 15) is 0 Å². The summed E-state index contributed by atoms with van der Waals surface area (Å²) in [5.74, 6) is 0.870. The number of methoxy groups -OCH3 is 1. The van der Waals surface area contributed by atoms with Gasteiger partial charge < -0.3 is 13.9 Å². The fourth-order valence-electron chi connectivity index (χ4n) is 5.38. The van der Waals surface area contributed by atoms with E-state index in [0.717, 1.165) is 11.4 Å². The molecule has 5 aromatic carbocycles. The van der Waals surface area contributed by atoms with Gasteiger partial charge in [0.05, 0.1) is 34.9 Å². The summed E-state index contributed by atoms with van der Waals surface area (Å²) in [7, 11) is 1.72. The van der Waals surface area contributed by atoms with E-state index in [4.69, 9.17) is 4.74 Å². The minimum Gasteiger partial charge on any atom is -0.497 e. The second kappa shape index (κ2) is 7.26. The largest absolute Gasteiger partial charge is 0.497 e. The molecule has 7 aromatic rings. The third-order valence-electron chi connectivity index (χ3n) is 6.81. The SMILES string of the molecule is COc1ccc2c(c1)c1ccccc1n2-c1cccc2c1c1ccccc1n2-c1ccccc1. The van der Waals surface area contributed by atoms with Crippen molar-refractivity contribution in [1.29, 1.82) is 0 Å². The number of nitrogens with zero attached hydrogens (tertiary/aromatic N) is 2. The molecule has 34 heavy (non-hydrogen) atoms. The van der Waals surface area contributed by atoms with Gasteiger partial charge in [-0.05, 0) is 54.6 Å². The Morgan fingerprint density at radius 2 is 1.15 bits per heavy atom. The van der Waals surface area contributed by atoms with Crippen LogP contribution in [0.15, 0.2) is 115 Å². The number of para-hydroxylation sites is 3. The molecule has 0 fully saturated rings. The third-order valence-corrected chi connectivity index (χ3v) is 6.81. The molecule has 0 bridgehead atoms. The first-order chi connectivity index (χ1) is 16.8. The maximum absolute atomic E-state index is 5.55. The van der Waals surface area contributed by atoms with Gasteiger partial charge in [-0.25, -0.2) is 0 Å². The number of benzene rings is 5. The topological polar surface area (TPSA) is 19.1 Å². The molecular weight excluding hydrogens is 416 g/mol. The minimum absolute atomic E-state index is 0.870. The van der Waals surface area contributed by atoms with Crippen LogP contribution in [0.1, 0.15) is 0 Å². The predicted octanol–water partition coefficient (Wildman–Crippen LogP) is 7.89. The highest BCUT2D eigenvalue weighted by atomic mass is 16.5. The molecule has 0 saturated carbocycles. The van der Waals surface area contributed by atoms with Gasteiger partial charge in [-0.3, -0.25) is 0 Å². The molecular formula is C31H22N2O. The second-order valence-electron chi connectivity index (χ2n) is 8.60. The van der Waals surface area contributed by atoms with Gasteiger partial charge in [0.1, 0.15) is 5.75 Å². The van der Waals surface area contributed by atoms with E-state index in [0.29, 0.717) is 0 Å². The number of hydrogen-bond acceptors (Lipinski definition) is 1. The molecule has 2 heterocycles. The molecule has 0 aliphatic heterocycles. The molecule has 2 aromatic heterocycles. The van der Waals surface area contributed by atoms with Crippen LogP contribution in [0.5, 0.6) is 5.75 Å². The lowest BCUT2D eigenvalue weighted by Crippen LogP contribution is -1.96. The predicted molar refractivity (Wildman–Crippen MR) is 142 cm³/mol. The lowest BCUT2D eigenvalue weighted by atomic mass is 10.1. The monoisotopic (exact) mass is 438 g/mol. The van der Waals surface area contributed by atoms with Gasteiger partial charge in [-0.2, -0.15) is 0 Å². The van der Waals surface area contributed by atoms with Gasteiger partial charge in [0.2, 0.25) is 0 Å². The van der Waals surface area contributed by atoms with Crippen LogP contribution in [0.3, 0.4) is 0 Å². The van der Waals surface area contributed by atoms with Crippen molar-refractivity contribution >= 4 is 43.6 Å². The third kappa shape index (κ3) is 2.58. The summed E-state index contributed by atoms with van der Waals surface area (Å²) in [4.78, 5) is 0. The number of rotatable bonds is 3. The van der Waals surface area contributed by atoms with Crippen molar-refractivity contribution in [3.63, 3.8) is 0 Å². The van der Waals surface area contributed by atoms with Crippen LogP contribution in [0.25, 0.3) is 55.0 Å². The van der Waals surface area contributed by atoms with Gasteiger partial charge in [-0.1, -0.05) is 60.7 Å². The van der Waals surface area contributed by atoms with Crippen molar-refractivity contribution in [2.75, 3.05) is 7.11 Å². The molecule has 0 amide bonds. The Hall–Kier alpha value is -4.50. The highest BCUT2D eigenvalue weighted by molar-refractivity contribution is 6.16. The van der Waals surface area contributed by atoms with E-state index in [1.165, 1.54) is 49.3 Å². The van der Waals surface area contributed by atoms with Crippen LogP contribution in [0.4, 0.5) is 0 Å². The van der Waals surface area contributed by atoms with Crippen LogP contribution < -0.4 is 4.74 Å². The maximum Gasteiger partial charge on any atom is 0.119 e. The zero-order valence-electron chi connectivity index (χ0n) is 18.8. The van der Waals surface area contributed by atoms with E-state index in [1.807, 2.05) is 6.07 Å². The molecule has 0 unspecified atom stereocenters. The Bertz CT molecular complexity index is 1840. The molecule has 3 heteroatoms. The average Bonchev–Trinajstić information content (AvgIpc) is 3.42. The lowest BCUT2D eigenvalue weighted by molar-refractivity contribution is 0.415. The summed E-state index contributed by atoms with van der Waals surface area (Å²) in [6, 6.07) is 40.9. The zero-order chi connectivity index (χ0) is 22.6. The number of hydrogen-bond donors (Lipinski definition) is 0. The maximum atomic E-state index is 5.55. The molecule has 0 aliphatic carbocycles. The van der Waals surface area contributed by atoms with Gasteiger partial charge in [0.15, 0.2) is 0 Å². The molecule has 0 atom stereocenters. The second-order valence-corrected chi connectivity index (χ2v) is 8.60. The highest BCUT2D eigenvalue weighted by Gasteiger charge is 2.19. The zero-order valence-corrected chi connectivity index (χ0v) is 18.8. The summed E-state index contributed by atoms with van der Waals surface area (Å²) in [5, 5.41) is 4.91. The fraction of sp³-hybridized carbons (Fsp3) is 0.0323. The van der Waals surface area contributed by atoms with Crippen molar-refractivity contribution in [3.8, 4) is 17.1 Å². The van der Waals surface area contributed by atoms with Crippen LogP contribution >= 0.6 is 0 Å². The normalized spacial score (nSPS) is 11.7. The van der Waals surface area contributed by atoms with Gasteiger partial charge in [0, 0.05) is 27.2 Å².